The Morgan fingerprint density at radius 3 is 2.04 bits per heavy atom. The van der Waals surface area contributed by atoms with Gasteiger partial charge in [0.1, 0.15) is 17.5 Å². The number of epoxide rings is 1. The van der Waals surface area contributed by atoms with E-state index in [1.165, 1.54) is 11.1 Å². The van der Waals surface area contributed by atoms with Gasteiger partial charge in [0.15, 0.2) is 0 Å². The third-order valence-corrected chi connectivity index (χ3v) is 4.78. The Labute approximate surface area is 141 Å². The first kappa shape index (κ1) is 14.9. The molecule has 2 aromatic carbocycles. The SMILES string of the molecule is N#CC1(C2=NCCN2)OC1(Cc1ccccc1)Cc1ccccc1. The number of rotatable bonds is 5. The fraction of sp³-hybridized carbons (Fsp3) is 0.300. The number of hydrogen-bond acceptors (Lipinski definition) is 4. The lowest BCUT2D eigenvalue weighted by molar-refractivity contribution is 0.288. The van der Waals surface area contributed by atoms with Crippen LogP contribution in [0.1, 0.15) is 11.1 Å². The molecule has 2 aliphatic rings. The Morgan fingerprint density at radius 2 is 1.58 bits per heavy atom. The highest BCUT2D eigenvalue weighted by Crippen LogP contribution is 2.53. The highest BCUT2D eigenvalue weighted by Gasteiger charge is 2.74. The molecule has 0 radical (unpaired) electrons. The molecule has 0 saturated carbocycles. The van der Waals surface area contributed by atoms with E-state index in [1.807, 2.05) is 36.4 Å². The van der Waals surface area contributed by atoms with Crippen molar-refractivity contribution >= 4 is 5.84 Å². The van der Waals surface area contributed by atoms with Gasteiger partial charge >= 0.3 is 0 Å². The first-order chi connectivity index (χ1) is 11.8. The zero-order chi connectivity index (χ0) is 16.5. The maximum absolute atomic E-state index is 9.91. The number of nitriles is 1. The molecule has 0 aromatic heterocycles. The van der Waals surface area contributed by atoms with Crippen molar-refractivity contribution in [2.24, 2.45) is 4.99 Å². The predicted octanol–water partition coefficient (Wildman–Crippen LogP) is 2.50. The average Bonchev–Trinajstić information content (AvgIpc) is 2.98. The molecule has 1 saturated heterocycles. The summed E-state index contributed by atoms with van der Waals surface area (Å²) in [5.74, 6) is 0.692. The van der Waals surface area contributed by atoms with Crippen LogP contribution in [0.2, 0.25) is 0 Å². The Balaban J connectivity index is 1.70. The van der Waals surface area contributed by atoms with Crippen molar-refractivity contribution in [3.05, 3.63) is 71.8 Å². The third kappa shape index (κ3) is 2.38. The van der Waals surface area contributed by atoms with E-state index >= 15 is 0 Å². The van der Waals surface area contributed by atoms with Gasteiger partial charge in [-0.1, -0.05) is 60.7 Å². The third-order valence-electron chi connectivity index (χ3n) is 4.78. The van der Waals surface area contributed by atoms with Gasteiger partial charge in [-0.15, -0.1) is 0 Å². The van der Waals surface area contributed by atoms with Crippen LogP contribution in [0.15, 0.2) is 65.7 Å². The lowest BCUT2D eigenvalue weighted by Gasteiger charge is -2.16. The number of nitrogens with one attached hydrogen (secondary N) is 1. The van der Waals surface area contributed by atoms with Gasteiger partial charge in [0.25, 0.3) is 0 Å². The minimum Gasteiger partial charge on any atom is -0.369 e. The molecule has 4 nitrogen and oxygen atoms in total. The summed E-state index contributed by atoms with van der Waals surface area (Å²) in [7, 11) is 0. The second kappa shape index (κ2) is 5.77. The molecule has 0 bridgehead atoms. The van der Waals surface area contributed by atoms with Crippen LogP contribution in [-0.2, 0) is 17.6 Å². The van der Waals surface area contributed by atoms with Crippen molar-refractivity contribution in [1.82, 2.24) is 5.32 Å². The molecular formula is C20H19N3O. The highest BCUT2D eigenvalue weighted by atomic mass is 16.6. The van der Waals surface area contributed by atoms with Crippen LogP contribution in [0.25, 0.3) is 0 Å². The monoisotopic (exact) mass is 317 g/mol. The Kier molecular flexibility index (Phi) is 3.59. The number of nitrogens with zero attached hydrogens (tertiary/aromatic N) is 2. The zero-order valence-electron chi connectivity index (χ0n) is 13.4. The second-order valence-electron chi connectivity index (χ2n) is 6.37. The normalized spacial score (nSPS) is 23.9. The largest absolute Gasteiger partial charge is 0.369 e. The van der Waals surface area contributed by atoms with Crippen LogP contribution >= 0.6 is 0 Å². The molecule has 4 heteroatoms. The van der Waals surface area contributed by atoms with Crippen LogP contribution in [0.4, 0.5) is 0 Å². The molecule has 1 N–H and O–H groups in total. The van der Waals surface area contributed by atoms with E-state index in [0.717, 1.165) is 6.54 Å². The molecule has 24 heavy (non-hydrogen) atoms. The zero-order valence-corrected chi connectivity index (χ0v) is 13.4. The van der Waals surface area contributed by atoms with E-state index in [1.54, 1.807) is 0 Å². The van der Waals surface area contributed by atoms with Gasteiger partial charge in [-0.3, -0.25) is 4.99 Å². The van der Waals surface area contributed by atoms with E-state index in [-0.39, 0.29) is 0 Å². The van der Waals surface area contributed by atoms with Crippen molar-refractivity contribution in [3.63, 3.8) is 0 Å². The summed E-state index contributed by atoms with van der Waals surface area (Å²) in [6.07, 6.45) is 1.38. The van der Waals surface area contributed by atoms with Gasteiger partial charge in [0, 0.05) is 19.4 Å². The van der Waals surface area contributed by atoms with Gasteiger partial charge in [0.2, 0.25) is 5.60 Å². The molecule has 120 valence electrons. The van der Waals surface area contributed by atoms with E-state index in [9.17, 15) is 5.26 Å². The van der Waals surface area contributed by atoms with Crippen molar-refractivity contribution in [1.29, 1.82) is 5.26 Å². The lowest BCUT2D eigenvalue weighted by atomic mass is 9.82. The van der Waals surface area contributed by atoms with Crippen molar-refractivity contribution < 1.29 is 4.74 Å². The molecule has 1 atom stereocenters. The predicted molar refractivity (Wildman–Crippen MR) is 92.8 cm³/mol. The minimum absolute atomic E-state index is 0.569. The first-order valence-corrected chi connectivity index (χ1v) is 8.26. The van der Waals surface area contributed by atoms with Crippen LogP contribution in [0.3, 0.4) is 0 Å². The number of benzene rings is 2. The molecule has 1 unspecified atom stereocenters. The first-order valence-electron chi connectivity index (χ1n) is 8.26. The second-order valence-corrected chi connectivity index (χ2v) is 6.37. The van der Waals surface area contributed by atoms with E-state index < -0.39 is 11.2 Å². The molecule has 1 fully saturated rings. The number of aliphatic imine (C=N–C) groups is 1. The summed E-state index contributed by atoms with van der Waals surface area (Å²) in [6.45, 7) is 1.48. The van der Waals surface area contributed by atoms with Gasteiger partial charge in [-0.2, -0.15) is 5.26 Å². The van der Waals surface area contributed by atoms with E-state index in [4.69, 9.17) is 4.74 Å². The van der Waals surface area contributed by atoms with Crippen molar-refractivity contribution in [3.8, 4) is 6.07 Å². The Hall–Kier alpha value is -2.64. The number of amidine groups is 1. The van der Waals surface area contributed by atoms with Crippen LogP contribution < -0.4 is 5.32 Å². The molecule has 0 amide bonds. The molecule has 2 aliphatic heterocycles. The maximum Gasteiger partial charge on any atom is 0.241 e. The smallest absolute Gasteiger partial charge is 0.241 e. The van der Waals surface area contributed by atoms with E-state index in [0.29, 0.717) is 25.2 Å². The summed E-state index contributed by atoms with van der Waals surface area (Å²) >= 11 is 0. The minimum atomic E-state index is -0.963. The molecular weight excluding hydrogens is 298 g/mol. The topological polar surface area (TPSA) is 60.7 Å². The molecule has 0 aliphatic carbocycles. The van der Waals surface area contributed by atoms with Crippen LogP contribution in [-0.4, -0.2) is 30.1 Å². The van der Waals surface area contributed by atoms with Crippen molar-refractivity contribution in [2.75, 3.05) is 13.1 Å². The summed E-state index contributed by atoms with van der Waals surface area (Å²) < 4.78 is 6.18. The molecule has 4 rings (SSSR count). The van der Waals surface area contributed by atoms with Gasteiger partial charge in [0.05, 0.1) is 6.54 Å². The van der Waals surface area contributed by atoms with Crippen molar-refractivity contribution in [2.45, 2.75) is 24.0 Å². The highest BCUT2D eigenvalue weighted by molar-refractivity contribution is 5.99. The Bertz CT molecular complexity index is 753. The quantitative estimate of drug-likeness (QED) is 0.862. The number of ether oxygens (including phenoxy) is 1. The average molecular weight is 317 g/mol. The van der Waals surface area contributed by atoms with Crippen LogP contribution in [0, 0.1) is 11.3 Å². The van der Waals surface area contributed by atoms with Gasteiger partial charge in [-0.25, -0.2) is 0 Å². The lowest BCUT2D eigenvalue weighted by Crippen LogP contribution is -2.41. The maximum atomic E-state index is 9.91. The summed E-state index contributed by atoms with van der Waals surface area (Å²) in [6, 6.07) is 22.8. The van der Waals surface area contributed by atoms with E-state index in [2.05, 4.69) is 40.6 Å². The van der Waals surface area contributed by atoms with Gasteiger partial charge < -0.3 is 10.1 Å². The molecule has 0 spiro atoms. The van der Waals surface area contributed by atoms with Crippen LogP contribution in [0.5, 0.6) is 0 Å². The number of hydrogen-bond donors (Lipinski definition) is 1. The fourth-order valence-electron chi connectivity index (χ4n) is 3.58. The van der Waals surface area contributed by atoms with Gasteiger partial charge in [-0.05, 0) is 11.1 Å². The molecule has 2 aromatic rings. The molecule has 2 heterocycles. The summed E-state index contributed by atoms with van der Waals surface area (Å²) in [5, 5.41) is 13.2. The standard InChI is InChI=1S/C20H19N3O/c21-15-20(18-22-11-12-23-18)19(24-20,13-16-7-3-1-4-8-16)14-17-9-5-2-6-10-17/h1-10H,11-14H2,(H,22,23). The Morgan fingerprint density at radius 1 is 1.00 bits per heavy atom. The summed E-state index contributed by atoms with van der Waals surface area (Å²) in [4.78, 5) is 4.48. The summed E-state index contributed by atoms with van der Waals surface area (Å²) in [5.41, 5.74) is 0.809. The fourth-order valence-corrected chi connectivity index (χ4v) is 3.58.